The monoisotopic (exact) mass is 275 g/mol. The standard InChI is InChI=1S/C9H10INO/c10-11-4-3-7-1-2-9(12)5-8(7)6-11/h1-2,5,12H,3-4,6H2. The molecule has 64 valence electrons. The van der Waals surface area contributed by atoms with Crippen LogP contribution in [0.5, 0.6) is 5.75 Å². The first kappa shape index (κ1) is 8.31. The molecule has 2 rings (SSSR count). The molecule has 0 aromatic heterocycles. The van der Waals surface area contributed by atoms with E-state index in [1.807, 2.05) is 12.1 Å². The van der Waals surface area contributed by atoms with E-state index in [1.165, 1.54) is 11.1 Å². The van der Waals surface area contributed by atoms with Gasteiger partial charge in [-0.2, -0.15) is 0 Å². The molecule has 1 aliphatic rings. The third kappa shape index (κ3) is 1.56. The molecule has 0 spiro atoms. The van der Waals surface area contributed by atoms with Gasteiger partial charge in [0.2, 0.25) is 0 Å². The molecule has 3 heteroatoms. The third-order valence-electron chi connectivity index (χ3n) is 2.16. The number of fused-ring (bicyclic) bond motifs is 1. The van der Waals surface area contributed by atoms with Crippen LogP contribution in [0.25, 0.3) is 0 Å². The molecule has 0 atom stereocenters. The summed E-state index contributed by atoms with van der Waals surface area (Å²) in [6, 6.07) is 5.65. The minimum Gasteiger partial charge on any atom is -0.508 e. The van der Waals surface area contributed by atoms with E-state index in [4.69, 9.17) is 0 Å². The van der Waals surface area contributed by atoms with Crippen molar-refractivity contribution < 1.29 is 5.11 Å². The molecule has 0 saturated heterocycles. The Morgan fingerprint density at radius 2 is 2.17 bits per heavy atom. The van der Waals surface area contributed by atoms with Gasteiger partial charge in [0.1, 0.15) is 5.75 Å². The van der Waals surface area contributed by atoms with Crippen LogP contribution in [0.4, 0.5) is 0 Å². The maximum Gasteiger partial charge on any atom is 0.115 e. The van der Waals surface area contributed by atoms with Crippen molar-refractivity contribution in [2.45, 2.75) is 13.0 Å². The molecule has 0 amide bonds. The average Bonchev–Trinajstić information content (AvgIpc) is 2.03. The molecule has 1 aromatic carbocycles. The predicted molar refractivity (Wildman–Crippen MR) is 56.2 cm³/mol. The number of hydrogen-bond acceptors (Lipinski definition) is 2. The van der Waals surface area contributed by atoms with Crippen LogP contribution in [0.15, 0.2) is 18.2 Å². The molecule has 0 radical (unpaired) electrons. The number of benzene rings is 1. The lowest BCUT2D eigenvalue weighted by molar-refractivity contribution is 0.459. The van der Waals surface area contributed by atoms with Gasteiger partial charge in [-0.1, -0.05) is 6.07 Å². The fraction of sp³-hybridized carbons (Fsp3) is 0.333. The first-order valence-corrected chi connectivity index (χ1v) is 4.94. The van der Waals surface area contributed by atoms with Crippen LogP contribution in [0.3, 0.4) is 0 Å². The van der Waals surface area contributed by atoms with E-state index < -0.39 is 0 Å². The normalized spacial score (nSPS) is 17.4. The Morgan fingerprint density at radius 1 is 1.33 bits per heavy atom. The Labute approximate surface area is 85.7 Å². The number of aromatic hydroxyl groups is 1. The van der Waals surface area contributed by atoms with Crippen molar-refractivity contribution in [3.05, 3.63) is 29.3 Å². The minimum absolute atomic E-state index is 0.375. The van der Waals surface area contributed by atoms with Gasteiger partial charge in [0.25, 0.3) is 0 Å². The van der Waals surface area contributed by atoms with E-state index in [0.29, 0.717) is 5.75 Å². The third-order valence-corrected chi connectivity index (χ3v) is 2.98. The first-order chi connectivity index (χ1) is 5.75. The molecule has 2 nitrogen and oxygen atoms in total. The Morgan fingerprint density at radius 3 is 3.00 bits per heavy atom. The van der Waals surface area contributed by atoms with Gasteiger partial charge in [-0.05, 0) is 29.7 Å². The number of phenolic OH excluding ortho intramolecular Hbond substituents is 1. The molecular formula is C9H10INO. The maximum atomic E-state index is 9.25. The van der Waals surface area contributed by atoms with Crippen molar-refractivity contribution in [2.75, 3.05) is 6.54 Å². The highest BCUT2D eigenvalue weighted by molar-refractivity contribution is 14.1. The lowest BCUT2D eigenvalue weighted by Crippen LogP contribution is -2.21. The molecule has 0 unspecified atom stereocenters. The van der Waals surface area contributed by atoms with E-state index in [0.717, 1.165) is 19.5 Å². The molecule has 0 bridgehead atoms. The van der Waals surface area contributed by atoms with Crippen LogP contribution in [-0.2, 0) is 13.0 Å². The van der Waals surface area contributed by atoms with Gasteiger partial charge in [-0.15, -0.1) is 0 Å². The Bertz CT molecular complexity index is 301. The van der Waals surface area contributed by atoms with Crippen LogP contribution in [0.1, 0.15) is 11.1 Å². The zero-order valence-corrected chi connectivity index (χ0v) is 8.78. The molecule has 0 saturated carbocycles. The van der Waals surface area contributed by atoms with Crippen LogP contribution in [-0.4, -0.2) is 14.8 Å². The molecular weight excluding hydrogens is 265 g/mol. The maximum absolute atomic E-state index is 9.25. The Balaban J connectivity index is 2.37. The fourth-order valence-corrected chi connectivity index (χ4v) is 2.12. The van der Waals surface area contributed by atoms with Gasteiger partial charge in [-0.25, -0.2) is 3.11 Å². The molecule has 0 fully saturated rings. The summed E-state index contributed by atoms with van der Waals surface area (Å²) in [6.07, 6.45) is 1.10. The van der Waals surface area contributed by atoms with Gasteiger partial charge < -0.3 is 5.11 Å². The minimum atomic E-state index is 0.375. The van der Waals surface area contributed by atoms with Crippen molar-refractivity contribution in [1.29, 1.82) is 0 Å². The van der Waals surface area contributed by atoms with Crippen molar-refractivity contribution in [1.82, 2.24) is 3.11 Å². The Hall–Kier alpha value is -0.290. The van der Waals surface area contributed by atoms with Crippen molar-refractivity contribution in [3.8, 4) is 5.75 Å². The summed E-state index contributed by atoms with van der Waals surface area (Å²) in [6.45, 7) is 2.06. The number of hydrogen-bond donors (Lipinski definition) is 1. The van der Waals surface area contributed by atoms with Crippen LogP contribution in [0.2, 0.25) is 0 Å². The van der Waals surface area contributed by atoms with Gasteiger partial charge in [0, 0.05) is 36.0 Å². The van der Waals surface area contributed by atoms with Crippen LogP contribution >= 0.6 is 22.9 Å². The average molecular weight is 275 g/mol. The predicted octanol–water partition coefficient (Wildman–Crippen LogP) is 2.10. The summed E-state index contributed by atoms with van der Waals surface area (Å²) >= 11 is 2.32. The van der Waals surface area contributed by atoms with Gasteiger partial charge >= 0.3 is 0 Å². The summed E-state index contributed by atoms with van der Waals surface area (Å²) in [5.74, 6) is 0.375. The first-order valence-electron chi connectivity index (χ1n) is 3.97. The van der Waals surface area contributed by atoms with Crippen molar-refractivity contribution in [3.63, 3.8) is 0 Å². The smallest absolute Gasteiger partial charge is 0.115 e. The summed E-state index contributed by atoms with van der Waals surface area (Å²) in [5.41, 5.74) is 2.64. The molecule has 1 aliphatic heterocycles. The number of phenols is 1. The van der Waals surface area contributed by atoms with Gasteiger partial charge in [0.05, 0.1) is 0 Å². The van der Waals surface area contributed by atoms with Gasteiger partial charge in [0.15, 0.2) is 0 Å². The summed E-state index contributed by atoms with van der Waals surface area (Å²) in [5, 5.41) is 9.25. The van der Waals surface area contributed by atoms with Crippen LogP contribution < -0.4 is 0 Å². The number of nitrogens with zero attached hydrogens (tertiary/aromatic N) is 1. The lowest BCUT2D eigenvalue weighted by Gasteiger charge is -2.22. The SMILES string of the molecule is Oc1ccc2c(c1)CN(I)CC2. The lowest BCUT2D eigenvalue weighted by atomic mass is 10.0. The number of rotatable bonds is 0. The largest absolute Gasteiger partial charge is 0.508 e. The fourth-order valence-electron chi connectivity index (χ4n) is 1.51. The van der Waals surface area contributed by atoms with Crippen molar-refractivity contribution in [2.24, 2.45) is 0 Å². The highest BCUT2D eigenvalue weighted by atomic mass is 127. The molecule has 1 N–H and O–H groups in total. The highest BCUT2D eigenvalue weighted by Crippen LogP contribution is 2.24. The second-order valence-corrected chi connectivity index (χ2v) is 4.41. The quantitative estimate of drug-likeness (QED) is 0.579. The van der Waals surface area contributed by atoms with Gasteiger partial charge in [-0.3, -0.25) is 0 Å². The topological polar surface area (TPSA) is 23.5 Å². The molecule has 1 heterocycles. The van der Waals surface area contributed by atoms with E-state index in [-0.39, 0.29) is 0 Å². The number of halogens is 1. The molecule has 12 heavy (non-hydrogen) atoms. The summed E-state index contributed by atoms with van der Waals surface area (Å²) in [7, 11) is 0. The van der Waals surface area contributed by atoms with E-state index in [1.54, 1.807) is 6.07 Å². The van der Waals surface area contributed by atoms with E-state index >= 15 is 0 Å². The zero-order valence-electron chi connectivity index (χ0n) is 6.63. The van der Waals surface area contributed by atoms with E-state index in [2.05, 4.69) is 26.0 Å². The Kier molecular flexibility index (Phi) is 2.23. The molecule has 1 aromatic rings. The van der Waals surface area contributed by atoms with Crippen LogP contribution in [0, 0.1) is 0 Å². The van der Waals surface area contributed by atoms with E-state index in [9.17, 15) is 5.11 Å². The molecule has 0 aliphatic carbocycles. The summed E-state index contributed by atoms with van der Waals surface area (Å²) in [4.78, 5) is 0. The van der Waals surface area contributed by atoms with Crippen molar-refractivity contribution >= 4 is 22.9 Å². The second kappa shape index (κ2) is 3.22. The summed E-state index contributed by atoms with van der Waals surface area (Å²) < 4.78 is 2.24. The second-order valence-electron chi connectivity index (χ2n) is 3.05. The highest BCUT2D eigenvalue weighted by Gasteiger charge is 2.13. The zero-order chi connectivity index (χ0) is 8.55.